The van der Waals surface area contributed by atoms with Crippen LogP contribution in [-0.4, -0.2) is 16.0 Å². The van der Waals surface area contributed by atoms with Crippen molar-refractivity contribution in [2.45, 2.75) is 26.2 Å². The molecule has 5 nitrogen and oxygen atoms in total. The zero-order valence-electron chi connectivity index (χ0n) is 13.8. The summed E-state index contributed by atoms with van der Waals surface area (Å²) in [5, 5.41) is 7.40. The number of carbonyl (C=O) groups excluding carboxylic acids is 1. The molecule has 0 atom stereocenters. The fraction of sp³-hybridized carbons (Fsp3) is 0.211. The highest BCUT2D eigenvalue weighted by Crippen LogP contribution is 2.18. The topological polar surface area (TPSA) is 68.0 Å². The number of aromatic nitrogens is 2. The monoisotopic (exact) mass is 355 g/mol. The second kappa shape index (κ2) is 7.94. The molecule has 1 amide bonds. The van der Waals surface area contributed by atoms with Gasteiger partial charge in [-0.15, -0.1) is 0 Å². The van der Waals surface area contributed by atoms with Crippen molar-refractivity contribution >= 4 is 23.2 Å². The van der Waals surface area contributed by atoms with E-state index in [1.807, 2.05) is 31.2 Å². The van der Waals surface area contributed by atoms with Crippen molar-refractivity contribution in [3.63, 3.8) is 0 Å². The normalized spacial score (nSPS) is 10.6. The van der Waals surface area contributed by atoms with E-state index in [9.17, 15) is 4.79 Å². The summed E-state index contributed by atoms with van der Waals surface area (Å²) in [5.41, 5.74) is 2.79. The van der Waals surface area contributed by atoms with Crippen molar-refractivity contribution in [3.8, 4) is 11.4 Å². The van der Waals surface area contributed by atoms with Crippen molar-refractivity contribution in [2.75, 3.05) is 5.32 Å². The fourth-order valence-corrected chi connectivity index (χ4v) is 2.56. The van der Waals surface area contributed by atoms with E-state index >= 15 is 0 Å². The molecule has 0 aliphatic carbocycles. The summed E-state index contributed by atoms with van der Waals surface area (Å²) < 4.78 is 5.25. The fourth-order valence-electron chi connectivity index (χ4n) is 2.37. The molecule has 0 spiro atoms. The Labute approximate surface area is 151 Å². The minimum absolute atomic E-state index is 0.0689. The molecule has 1 N–H and O–H groups in total. The Bertz CT molecular complexity index is 859. The zero-order chi connectivity index (χ0) is 17.6. The van der Waals surface area contributed by atoms with E-state index in [4.69, 9.17) is 16.1 Å². The Kier molecular flexibility index (Phi) is 5.46. The molecule has 0 fully saturated rings. The molecule has 6 heteroatoms. The predicted molar refractivity (Wildman–Crippen MR) is 97.5 cm³/mol. The second-order valence-corrected chi connectivity index (χ2v) is 6.23. The summed E-state index contributed by atoms with van der Waals surface area (Å²) >= 11 is 5.90. The Morgan fingerprint density at radius 2 is 2.00 bits per heavy atom. The van der Waals surface area contributed by atoms with Crippen LogP contribution in [0, 0.1) is 6.92 Å². The van der Waals surface area contributed by atoms with E-state index in [-0.39, 0.29) is 5.91 Å². The van der Waals surface area contributed by atoms with Crippen molar-refractivity contribution in [1.82, 2.24) is 10.1 Å². The van der Waals surface area contributed by atoms with Crippen molar-refractivity contribution < 1.29 is 9.32 Å². The molecule has 128 valence electrons. The van der Waals surface area contributed by atoms with Gasteiger partial charge in [0.05, 0.1) is 0 Å². The summed E-state index contributed by atoms with van der Waals surface area (Å²) in [6.45, 7) is 2.03. The number of nitrogens with zero attached hydrogens (tertiary/aromatic N) is 2. The maximum atomic E-state index is 12.0. The molecule has 0 bridgehead atoms. The summed E-state index contributed by atoms with van der Waals surface area (Å²) in [6, 6.07) is 15.0. The van der Waals surface area contributed by atoms with Gasteiger partial charge >= 0.3 is 0 Å². The highest BCUT2D eigenvalue weighted by molar-refractivity contribution is 6.30. The number of anilines is 1. The first-order chi connectivity index (χ1) is 12.1. The number of halogens is 1. The van der Waals surface area contributed by atoms with Crippen LogP contribution in [0.4, 0.5) is 5.69 Å². The van der Waals surface area contributed by atoms with Crippen LogP contribution in [-0.2, 0) is 11.2 Å². The highest BCUT2D eigenvalue weighted by Gasteiger charge is 2.10. The number of benzene rings is 2. The lowest BCUT2D eigenvalue weighted by Crippen LogP contribution is -2.11. The third-order valence-electron chi connectivity index (χ3n) is 3.68. The van der Waals surface area contributed by atoms with Crippen LogP contribution in [0.1, 0.15) is 24.3 Å². The third kappa shape index (κ3) is 4.90. The number of hydrogen-bond donors (Lipinski definition) is 1. The van der Waals surface area contributed by atoms with Gasteiger partial charge < -0.3 is 9.84 Å². The van der Waals surface area contributed by atoms with Gasteiger partial charge in [0.15, 0.2) is 0 Å². The van der Waals surface area contributed by atoms with Crippen LogP contribution in [0.15, 0.2) is 53.1 Å². The number of amides is 1. The molecule has 0 aliphatic heterocycles. The Morgan fingerprint density at radius 1 is 1.20 bits per heavy atom. The largest absolute Gasteiger partial charge is 0.339 e. The first-order valence-electron chi connectivity index (χ1n) is 8.05. The smallest absolute Gasteiger partial charge is 0.226 e. The molecule has 1 heterocycles. The van der Waals surface area contributed by atoms with E-state index in [1.165, 1.54) is 5.56 Å². The van der Waals surface area contributed by atoms with Crippen molar-refractivity contribution in [2.24, 2.45) is 0 Å². The first-order valence-corrected chi connectivity index (χ1v) is 8.43. The van der Waals surface area contributed by atoms with Crippen LogP contribution in [0.5, 0.6) is 0 Å². The molecule has 3 rings (SSSR count). The minimum Gasteiger partial charge on any atom is -0.339 e. The van der Waals surface area contributed by atoms with Crippen LogP contribution < -0.4 is 5.32 Å². The van der Waals surface area contributed by atoms with Gasteiger partial charge in [-0.05, 0) is 31.5 Å². The van der Waals surface area contributed by atoms with E-state index < -0.39 is 0 Å². The van der Waals surface area contributed by atoms with Crippen molar-refractivity contribution in [3.05, 3.63) is 65.0 Å². The maximum Gasteiger partial charge on any atom is 0.226 e. The molecular weight excluding hydrogens is 338 g/mol. The second-order valence-electron chi connectivity index (χ2n) is 5.79. The molecule has 0 aliphatic rings. The first kappa shape index (κ1) is 17.2. The van der Waals surface area contributed by atoms with E-state index in [1.54, 1.807) is 24.3 Å². The summed E-state index contributed by atoms with van der Waals surface area (Å²) in [4.78, 5) is 16.3. The van der Waals surface area contributed by atoms with Crippen LogP contribution in [0.25, 0.3) is 11.4 Å². The predicted octanol–water partition coefficient (Wildman–Crippen LogP) is 4.66. The molecule has 2 aromatic carbocycles. The van der Waals surface area contributed by atoms with Crippen molar-refractivity contribution in [1.29, 1.82) is 0 Å². The van der Waals surface area contributed by atoms with Crippen LogP contribution in [0.2, 0.25) is 5.02 Å². The van der Waals surface area contributed by atoms with Gasteiger partial charge in [-0.25, -0.2) is 0 Å². The molecule has 1 aromatic heterocycles. The zero-order valence-corrected chi connectivity index (χ0v) is 14.6. The van der Waals surface area contributed by atoms with Crippen LogP contribution >= 0.6 is 11.6 Å². The van der Waals surface area contributed by atoms with Gasteiger partial charge in [-0.3, -0.25) is 4.79 Å². The van der Waals surface area contributed by atoms with Crippen LogP contribution in [0.3, 0.4) is 0 Å². The summed E-state index contributed by atoms with van der Waals surface area (Å²) in [5.74, 6) is 1.03. The quantitative estimate of drug-likeness (QED) is 0.698. The standard InChI is InChI=1S/C19H18ClN3O2/c1-13-8-10-14(11-9-13)19-22-18(25-23-19)7-3-6-17(24)21-16-5-2-4-15(20)12-16/h2,4-5,8-12H,3,6-7H2,1H3,(H,21,24). The number of aryl methyl sites for hydroxylation is 2. The Hall–Kier alpha value is -2.66. The molecule has 3 aromatic rings. The SMILES string of the molecule is Cc1ccc(-c2noc(CCCC(=O)Nc3cccc(Cl)c3)n2)cc1. The molecule has 0 unspecified atom stereocenters. The summed E-state index contributed by atoms with van der Waals surface area (Å²) in [6.07, 6.45) is 1.55. The summed E-state index contributed by atoms with van der Waals surface area (Å²) in [7, 11) is 0. The number of nitrogens with one attached hydrogen (secondary N) is 1. The van der Waals surface area contributed by atoms with E-state index in [2.05, 4.69) is 15.5 Å². The minimum atomic E-state index is -0.0689. The molecule has 0 radical (unpaired) electrons. The maximum absolute atomic E-state index is 12.0. The number of hydrogen-bond acceptors (Lipinski definition) is 4. The number of rotatable bonds is 6. The van der Waals surface area contributed by atoms with Gasteiger partial charge in [0.2, 0.25) is 17.6 Å². The third-order valence-corrected chi connectivity index (χ3v) is 3.92. The molecule has 0 saturated heterocycles. The van der Waals surface area contributed by atoms with Gasteiger partial charge in [-0.1, -0.05) is 52.7 Å². The Morgan fingerprint density at radius 3 is 2.76 bits per heavy atom. The number of carbonyl (C=O) groups is 1. The van der Waals surface area contributed by atoms with E-state index in [0.29, 0.717) is 41.7 Å². The molecule has 25 heavy (non-hydrogen) atoms. The lowest BCUT2D eigenvalue weighted by atomic mass is 10.1. The highest BCUT2D eigenvalue weighted by atomic mass is 35.5. The van der Waals surface area contributed by atoms with E-state index in [0.717, 1.165) is 5.56 Å². The average molecular weight is 356 g/mol. The molecule has 0 saturated carbocycles. The van der Waals surface area contributed by atoms with Gasteiger partial charge in [0, 0.05) is 29.1 Å². The van der Waals surface area contributed by atoms with Gasteiger partial charge in [0.25, 0.3) is 0 Å². The Balaban J connectivity index is 1.49. The van der Waals surface area contributed by atoms with Gasteiger partial charge in [0.1, 0.15) is 0 Å². The molecular formula is C19H18ClN3O2. The lowest BCUT2D eigenvalue weighted by Gasteiger charge is -2.04. The average Bonchev–Trinajstić information content (AvgIpc) is 3.04. The lowest BCUT2D eigenvalue weighted by molar-refractivity contribution is -0.116. The van der Waals surface area contributed by atoms with Gasteiger partial charge in [-0.2, -0.15) is 4.98 Å².